The Labute approximate surface area is 164 Å². The first-order valence-corrected chi connectivity index (χ1v) is 10.1. The van der Waals surface area contributed by atoms with Gasteiger partial charge in [-0.25, -0.2) is 0 Å². The summed E-state index contributed by atoms with van der Waals surface area (Å²) in [7, 11) is 1.78. The second-order valence-corrected chi connectivity index (χ2v) is 8.49. The third-order valence-corrected chi connectivity index (χ3v) is 5.98. The Kier molecular flexibility index (Phi) is 6.23. The first-order valence-electron chi connectivity index (χ1n) is 10.1. The standard InChI is InChI=1S/C24H33NO2/c1-19(20-10-6-5-7-11-20)25-16-14-24(15-17-27-23(2,3)18-24)21-12-8-9-13-22(21)26-4/h5-13,19,25H,14-18H2,1-4H3/p+1/t19-,24+/m0/s1. The highest BCUT2D eigenvalue weighted by Crippen LogP contribution is 2.46. The molecule has 0 aliphatic carbocycles. The molecular formula is C24H34NO2+. The van der Waals surface area contributed by atoms with Crippen molar-refractivity contribution in [1.82, 2.24) is 0 Å². The smallest absolute Gasteiger partial charge is 0.122 e. The summed E-state index contributed by atoms with van der Waals surface area (Å²) in [6.45, 7) is 8.61. The summed E-state index contributed by atoms with van der Waals surface area (Å²) in [6.07, 6.45) is 3.19. The lowest BCUT2D eigenvalue weighted by atomic mass is 9.67. The minimum absolute atomic E-state index is 0.0985. The van der Waals surface area contributed by atoms with Crippen LogP contribution in [0.3, 0.4) is 0 Å². The monoisotopic (exact) mass is 368 g/mol. The third-order valence-electron chi connectivity index (χ3n) is 5.98. The van der Waals surface area contributed by atoms with Crippen molar-refractivity contribution in [1.29, 1.82) is 0 Å². The Morgan fingerprint density at radius 1 is 1.07 bits per heavy atom. The van der Waals surface area contributed by atoms with Crippen LogP contribution in [0.25, 0.3) is 0 Å². The molecule has 3 nitrogen and oxygen atoms in total. The Balaban J connectivity index is 1.79. The number of hydrogen-bond acceptors (Lipinski definition) is 2. The van der Waals surface area contributed by atoms with Crippen LogP contribution in [-0.2, 0) is 10.2 Å². The van der Waals surface area contributed by atoms with Gasteiger partial charge in [0.2, 0.25) is 0 Å². The molecule has 0 spiro atoms. The Morgan fingerprint density at radius 3 is 2.48 bits per heavy atom. The molecule has 2 N–H and O–H groups in total. The molecule has 3 heteroatoms. The van der Waals surface area contributed by atoms with Gasteiger partial charge < -0.3 is 14.8 Å². The Hall–Kier alpha value is -1.84. The molecule has 1 aliphatic heterocycles. The molecule has 0 radical (unpaired) electrons. The van der Waals surface area contributed by atoms with Gasteiger partial charge in [0.25, 0.3) is 0 Å². The van der Waals surface area contributed by atoms with Crippen LogP contribution in [0.15, 0.2) is 54.6 Å². The van der Waals surface area contributed by atoms with Crippen molar-refractivity contribution in [2.24, 2.45) is 0 Å². The largest absolute Gasteiger partial charge is 0.496 e. The van der Waals surface area contributed by atoms with Gasteiger partial charge >= 0.3 is 0 Å². The van der Waals surface area contributed by atoms with E-state index in [1.807, 2.05) is 0 Å². The van der Waals surface area contributed by atoms with E-state index >= 15 is 0 Å². The fourth-order valence-electron chi connectivity index (χ4n) is 4.64. The molecule has 1 heterocycles. The summed E-state index contributed by atoms with van der Waals surface area (Å²) in [5.41, 5.74) is 2.71. The first kappa shape index (κ1) is 19.9. The predicted molar refractivity (Wildman–Crippen MR) is 110 cm³/mol. The molecule has 1 saturated heterocycles. The van der Waals surface area contributed by atoms with Crippen molar-refractivity contribution in [3.63, 3.8) is 0 Å². The van der Waals surface area contributed by atoms with E-state index in [4.69, 9.17) is 9.47 Å². The fraction of sp³-hybridized carbons (Fsp3) is 0.500. The lowest BCUT2D eigenvalue weighted by Crippen LogP contribution is -2.85. The lowest BCUT2D eigenvalue weighted by molar-refractivity contribution is -0.693. The second-order valence-electron chi connectivity index (χ2n) is 8.49. The average molecular weight is 369 g/mol. The SMILES string of the molecule is COc1ccccc1[C@]1(CC[NH2+][C@@H](C)c2ccccc2)CCOC(C)(C)C1. The fourth-order valence-corrected chi connectivity index (χ4v) is 4.64. The molecule has 0 amide bonds. The van der Waals surface area contributed by atoms with E-state index in [9.17, 15) is 0 Å². The van der Waals surface area contributed by atoms with Crippen molar-refractivity contribution >= 4 is 0 Å². The predicted octanol–water partition coefficient (Wildman–Crippen LogP) is 4.24. The maximum Gasteiger partial charge on any atom is 0.122 e. The van der Waals surface area contributed by atoms with E-state index in [2.05, 4.69) is 80.7 Å². The van der Waals surface area contributed by atoms with Gasteiger partial charge in [0.05, 0.1) is 19.3 Å². The number of ether oxygens (including phenoxy) is 2. The summed E-state index contributed by atoms with van der Waals surface area (Å²) in [5.74, 6) is 1.01. The van der Waals surface area contributed by atoms with Crippen LogP contribution in [0.5, 0.6) is 5.75 Å². The number of rotatable bonds is 7. The van der Waals surface area contributed by atoms with E-state index in [0.29, 0.717) is 6.04 Å². The molecule has 146 valence electrons. The summed E-state index contributed by atoms with van der Waals surface area (Å²) in [5, 5.41) is 2.47. The van der Waals surface area contributed by atoms with Crippen LogP contribution in [0.4, 0.5) is 0 Å². The molecular weight excluding hydrogens is 334 g/mol. The molecule has 2 atom stereocenters. The van der Waals surface area contributed by atoms with Crippen LogP contribution < -0.4 is 10.1 Å². The summed E-state index contributed by atoms with van der Waals surface area (Å²) >= 11 is 0. The van der Waals surface area contributed by atoms with E-state index < -0.39 is 0 Å². The number of nitrogens with two attached hydrogens (primary N) is 1. The maximum absolute atomic E-state index is 6.06. The van der Waals surface area contributed by atoms with Crippen molar-refractivity contribution in [2.45, 2.75) is 57.1 Å². The van der Waals surface area contributed by atoms with Crippen LogP contribution in [-0.4, -0.2) is 25.9 Å². The highest BCUT2D eigenvalue weighted by atomic mass is 16.5. The molecule has 0 aromatic heterocycles. The van der Waals surface area contributed by atoms with E-state index in [0.717, 1.165) is 38.2 Å². The molecule has 27 heavy (non-hydrogen) atoms. The lowest BCUT2D eigenvalue weighted by Gasteiger charge is -2.45. The van der Waals surface area contributed by atoms with Gasteiger partial charge in [0.15, 0.2) is 0 Å². The number of para-hydroxylation sites is 1. The molecule has 0 saturated carbocycles. The van der Waals surface area contributed by atoms with Crippen molar-refractivity contribution in [3.05, 3.63) is 65.7 Å². The molecule has 0 unspecified atom stereocenters. The zero-order chi connectivity index (χ0) is 19.3. The third kappa shape index (κ3) is 4.72. The quantitative estimate of drug-likeness (QED) is 0.793. The number of benzene rings is 2. The minimum Gasteiger partial charge on any atom is -0.496 e. The van der Waals surface area contributed by atoms with Gasteiger partial charge in [-0.3, -0.25) is 0 Å². The molecule has 2 aromatic carbocycles. The zero-order valence-corrected chi connectivity index (χ0v) is 17.2. The molecule has 3 rings (SSSR count). The number of methoxy groups -OCH3 is 1. The van der Waals surface area contributed by atoms with Gasteiger partial charge in [-0.15, -0.1) is 0 Å². The number of hydrogen-bond donors (Lipinski definition) is 1. The van der Waals surface area contributed by atoms with E-state index in [1.54, 1.807) is 7.11 Å². The minimum atomic E-state index is -0.107. The van der Waals surface area contributed by atoms with Crippen LogP contribution in [0.2, 0.25) is 0 Å². The average Bonchev–Trinajstić information content (AvgIpc) is 2.67. The van der Waals surface area contributed by atoms with Crippen LogP contribution >= 0.6 is 0 Å². The van der Waals surface area contributed by atoms with E-state index in [-0.39, 0.29) is 11.0 Å². The van der Waals surface area contributed by atoms with Gasteiger partial charge in [0, 0.05) is 29.6 Å². The van der Waals surface area contributed by atoms with Crippen LogP contribution in [0.1, 0.15) is 57.2 Å². The maximum atomic E-state index is 6.06. The van der Waals surface area contributed by atoms with Gasteiger partial charge in [-0.2, -0.15) is 0 Å². The Bertz CT molecular complexity index is 728. The number of quaternary nitrogens is 1. The van der Waals surface area contributed by atoms with Gasteiger partial charge in [-0.1, -0.05) is 48.5 Å². The first-order chi connectivity index (χ1) is 13.0. The molecule has 1 fully saturated rings. The summed E-state index contributed by atoms with van der Waals surface area (Å²) in [4.78, 5) is 0. The highest BCUT2D eigenvalue weighted by Gasteiger charge is 2.43. The zero-order valence-electron chi connectivity index (χ0n) is 17.2. The van der Waals surface area contributed by atoms with Crippen LogP contribution in [0, 0.1) is 0 Å². The summed E-state index contributed by atoms with van der Waals surface area (Å²) < 4.78 is 11.8. The van der Waals surface area contributed by atoms with Gasteiger partial charge in [0.1, 0.15) is 11.8 Å². The molecule has 0 bridgehead atoms. The van der Waals surface area contributed by atoms with Gasteiger partial charge in [-0.05, 0) is 39.7 Å². The van der Waals surface area contributed by atoms with Crippen molar-refractivity contribution in [3.8, 4) is 5.75 Å². The van der Waals surface area contributed by atoms with Crippen molar-refractivity contribution < 1.29 is 14.8 Å². The molecule has 2 aromatic rings. The summed E-state index contributed by atoms with van der Waals surface area (Å²) in [6, 6.07) is 19.8. The molecule has 1 aliphatic rings. The Morgan fingerprint density at radius 2 is 1.78 bits per heavy atom. The topological polar surface area (TPSA) is 35.1 Å². The normalized spacial score (nSPS) is 23.0. The second kappa shape index (κ2) is 8.45. The highest BCUT2D eigenvalue weighted by molar-refractivity contribution is 5.40. The van der Waals surface area contributed by atoms with Crippen molar-refractivity contribution in [2.75, 3.05) is 20.3 Å². The van der Waals surface area contributed by atoms with E-state index in [1.165, 1.54) is 11.1 Å².